The summed E-state index contributed by atoms with van der Waals surface area (Å²) in [5, 5.41) is 12.2. The van der Waals surface area contributed by atoms with Crippen molar-refractivity contribution >= 4 is 12.4 Å². The molecule has 0 radical (unpaired) electrons. The maximum absolute atomic E-state index is 5.65. The van der Waals surface area contributed by atoms with E-state index >= 15 is 0 Å². The van der Waals surface area contributed by atoms with Gasteiger partial charge in [-0.1, -0.05) is 18.7 Å². The van der Waals surface area contributed by atoms with Gasteiger partial charge in [0.05, 0.1) is 13.7 Å². The standard InChI is InChI=1S/C21H29N5O2.ClH/c1-3-12-28-18-5-4-16(13-19(18)27-2)15-25-9-6-17(7-10-25)21-24-23-20-14-22-8-11-26(20)21;/h3-5,13,17,22H,1,6-12,14-15H2,2H3;1H. The van der Waals surface area contributed by atoms with Crippen LogP contribution in [0.5, 0.6) is 11.5 Å². The summed E-state index contributed by atoms with van der Waals surface area (Å²) in [7, 11) is 1.68. The Morgan fingerprint density at radius 1 is 1.21 bits per heavy atom. The zero-order valence-corrected chi connectivity index (χ0v) is 17.8. The van der Waals surface area contributed by atoms with Crippen LogP contribution in [0.15, 0.2) is 30.9 Å². The molecule has 0 unspecified atom stereocenters. The second-order valence-electron chi connectivity index (χ2n) is 7.44. The van der Waals surface area contributed by atoms with Crippen LogP contribution >= 0.6 is 12.4 Å². The van der Waals surface area contributed by atoms with E-state index in [0.29, 0.717) is 12.5 Å². The van der Waals surface area contributed by atoms with Crippen molar-refractivity contribution in [2.75, 3.05) is 33.4 Å². The highest BCUT2D eigenvalue weighted by Crippen LogP contribution is 2.31. The van der Waals surface area contributed by atoms with Gasteiger partial charge in [0.15, 0.2) is 11.5 Å². The molecular weight excluding hydrogens is 390 g/mol. The molecule has 0 saturated carbocycles. The van der Waals surface area contributed by atoms with Crippen LogP contribution in [0.25, 0.3) is 0 Å². The van der Waals surface area contributed by atoms with Crippen molar-refractivity contribution in [3.8, 4) is 11.5 Å². The number of aromatic nitrogens is 3. The number of likely N-dealkylation sites (tertiary alicyclic amines) is 1. The van der Waals surface area contributed by atoms with Crippen LogP contribution in [0.4, 0.5) is 0 Å². The third kappa shape index (κ3) is 4.91. The first kappa shape index (κ1) is 21.6. The maximum Gasteiger partial charge on any atom is 0.161 e. The molecule has 4 rings (SSSR count). The molecule has 0 amide bonds. The molecule has 3 heterocycles. The monoisotopic (exact) mass is 419 g/mol. The fourth-order valence-electron chi connectivity index (χ4n) is 4.10. The molecule has 0 spiro atoms. The summed E-state index contributed by atoms with van der Waals surface area (Å²) in [6, 6.07) is 6.18. The molecule has 7 nitrogen and oxygen atoms in total. The lowest BCUT2D eigenvalue weighted by atomic mass is 9.95. The largest absolute Gasteiger partial charge is 0.493 e. The number of hydrogen-bond acceptors (Lipinski definition) is 6. The van der Waals surface area contributed by atoms with Gasteiger partial charge in [0.25, 0.3) is 0 Å². The van der Waals surface area contributed by atoms with Gasteiger partial charge in [-0.15, -0.1) is 22.6 Å². The molecule has 29 heavy (non-hydrogen) atoms. The first-order valence-electron chi connectivity index (χ1n) is 10.0. The highest BCUT2D eigenvalue weighted by molar-refractivity contribution is 5.85. The molecular formula is C21H30ClN5O2. The van der Waals surface area contributed by atoms with Crippen LogP contribution in [0, 0.1) is 0 Å². The second kappa shape index (κ2) is 10.1. The Morgan fingerprint density at radius 2 is 2.03 bits per heavy atom. The van der Waals surface area contributed by atoms with Gasteiger partial charge in [-0.2, -0.15) is 0 Å². The van der Waals surface area contributed by atoms with Crippen molar-refractivity contribution < 1.29 is 9.47 Å². The highest BCUT2D eigenvalue weighted by Gasteiger charge is 2.27. The third-order valence-corrected chi connectivity index (χ3v) is 5.59. The maximum atomic E-state index is 5.65. The molecule has 0 bridgehead atoms. The second-order valence-corrected chi connectivity index (χ2v) is 7.44. The van der Waals surface area contributed by atoms with E-state index in [0.717, 1.165) is 69.4 Å². The molecule has 158 valence electrons. The summed E-state index contributed by atoms with van der Waals surface area (Å²) < 4.78 is 13.5. The summed E-state index contributed by atoms with van der Waals surface area (Å²) in [5.74, 6) is 4.31. The first-order chi connectivity index (χ1) is 13.8. The molecule has 0 aliphatic carbocycles. The molecule has 2 aromatic rings. The Balaban J connectivity index is 0.00000240. The Kier molecular flexibility index (Phi) is 7.52. The van der Waals surface area contributed by atoms with Gasteiger partial charge in [0.2, 0.25) is 0 Å². The molecule has 1 fully saturated rings. The van der Waals surface area contributed by atoms with Gasteiger partial charge >= 0.3 is 0 Å². The number of benzene rings is 1. The van der Waals surface area contributed by atoms with E-state index in [-0.39, 0.29) is 12.4 Å². The Hall–Kier alpha value is -2.09. The predicted octanol–water partition coefficient (Wildman–Crippen LogP) is 2.76. The Labute approximate surface area is 178 Å². The van der Waals surface area contributed by atoms with Crippen molar-refractivity contribution in [3.05, 3.63) is 48.1 Å². The van der Waals surface area contributed by atoms with Crippen LogP contribution in [0.2, 0.25) is 0 Å². The van der Waals surface area contributed by atoms with E-state index in [1.54, 1.807) is 13.2 Å². The molecule has 1 saturated heterocycles. The minimum atomic E-state index is 0. The van der Waals surface area contributed by atoms with Crippen LogP contribution in [-0.4, -0.2) is 53.0 Å². The fourth-order valence-corrected chi connectivity index (χ4v) is 4.10. The van der Waals surface area contributed by atoms with Crippen molar-refractivity contribution in [2.45, 2.75) is 38.4 Å². The summed E-state index contributed by atoms with van der Waals surface area (Å²) in [4.78, 5) is 2.50. The molecule has 2 aliphatic heterocycles. The number of piperidine rings is 1. The number of methoxy groups -OCH3 is 1. The lowest BCUT2D eigenvalue weighted by molar-refractivity contribution is 0.199. The molecule has 2 aliphatic rings. The summed E-state index contributed by atoms with van der Waals surface area (Å²) in [6.45, 7) is 10.1. The van der Waals surface area contributed by atoms with E-state index in [4.69, 9.17) is 9.47 Å². The van der Waals surface area contributed by atoms with E-state index in [2.05, 4.69) is 43.7 Å². The molecule has 1 aromatic heterocycles. The quantitative estimate of drug-likeness (QED) is 0.696. The van der Waals surface area contributed by atoms with E-state index in [1.807, 2.05) is 6.07 Å². The van der Waals surface area contributed by atoms with Gasteiger partial charge in [-0.25, -0.2) is 0 Å². The smallest absolute Gasteiger partial charge is 0.161 e. The minimum Gasteiger partial charge on any atom is -0.493 e. The SMILES string of the molecule is C=CCOc1ccc(CN2CCC(c3nnc4n3CCNC4)CC2)cc1OC.Cl. The summed E-state index contributed by atoms with van der Waals surface area (Å²) in [6.07, 6.45) is 3.99. The van der Waals surface area contributed by atoms with Gasteiger partial charge in [-0.3, -0.25) is 4.90 Å². The summed E-state index contributed by atoms with van der Waals surface area (Å²) in [5.41, 5.74) is 1.24. The van der Waals surface area contributed by atoms with Crippen LogP contribution in [0.1, 0.15) is 36.0 Å². The number of nitrogens with one attached hydrogen (secondary N) is 1. The topological polar surface area (TPSA) is 64.4 Å². The average molecular weight is 420 g/mol. The third-order valence-electron chi connectivity index (χ3n) is 5.59. The molecule has 1 N–H and O–H groups in total. The van der Waals surface area contributed by atoms with Gasteiger partial charge < -0.3 is 19.4 Å². The zero-order valence-electron chi connectivity index (χ0n) is 17.0. The number of halogens is 1. The normalized spacial score (nSPS) is 17.3. The molecule has 1 aromatic carbocycles. The zero-order chi connectivity index (χ0) is 19.3. The molecule has 8 heteroatoms. The number of hydrogen-bond donors (Lipinski definition) is 1. The number of nitrogens with zero attached hydrogens (tertiary/aromatic N) is 4. The lowest BCUT2D eigenvalue weighted by Gasteiger charge is -2.32. The Morgan fingerprint density at radius 3 is 2.79 bits per heavy atom. The van der Waals surface area contributed by atoms with Crippen LogP contribution in [-0.2, 0) is 19.6 Å². The Bertz CT molecular complexity index is 817. The van der Waals surface area contributed by atoms with E-state index in [1.165, 1.54) is 11.4 Å². The first-order valence-corrected chi connectivity index (χ1v) is 10.0. The predicted molar refractivity (Wildman–Crippen MR) is 115 cm³/mol. The van der Waals surface area contributed by atoms with Crippen molar-refractivity contribution in [1.82, 2.24) is 25.0 Å². The number of rotatable bonds is 7. The van der Waals surface area contributed by atoms with Crippen LogP contribution < -0.4 is 14.8 Å². The number of ether oxygens (including phenoxy) is 2. The summed E-state index contributed by atoms with van der Waals surface area (Å²) >= 11 is 0. The van der Waals surface area contributed by atoms with Crippen molar-refractivity contribution in [1.29, 1.82) is 0 Å². The van der Waals surface area contributed by atoms with E-state index in [9.17, 15) is 0 Å². The van der Waals surface area contributed by atoms with Crippen molar-refractivity contribution in [3.63, 3.8) is 0 Å². The fraction of sp³-hybridized carbons (Fsp3) is 0.524. The molecule has 0 atom stereocenters. The lowest BCUT2D eigenvalue weighted by Crippen LogP contribution is -2.34. The minimum absolute atomic E-state index is 0. The van der Waals surface area contributed by atoms with Crippen molar-refractivity contribution in [2.24, 2.45) is 0 Å². The average Bonchev–Trinajstić information content (AvgIpc) is 3.17. The van der Waals surface area contributed by atoms with E-state index < -0.39 is 0 Å². The van der Waals surface area contributed by atoms with Gasteiger partial charge in [0, 0.05) is 25.6 Å². The highest BCUT2D eigenvalue weighted by atomic mass is 35.5. The van der Waals surface area contributed by atoms with Gasteiger partial charge in [0.1, 0.15) is 18.3 Å². The van der Waals surface area contributed by atoms with Crippen LogP contribution in [0.3, 0.4) is 0 Å². The van der Waals surface area contributed by atoms with Gasteiger partial charge in [-0.05, 0) is 43.6 Å². The number of fused-ring (bicyclic) bond motifs is 1.